The monoisotopic (exact) mass is 396 g/mol. The van der Waals surface area contributed by atoms with Crippen molar-refractivity contribution in [2.45, 2.75) is 20.1 Å². The minimum atomic E-state index is 0.547. The lowest BCUT2D eigenvalue weighted by Crippen LogP contribution is -2.05. The molecule has 5 nitrogen and oxygen atoms in total. The SMILES string of the molecule is Cc1cc(NCc2ccccc2)nc(Nc2ccc(OCc3ccccc3)cc2)n1. The summed E-state index contributed by atoms with van der Waals surface area (Å²) in [6.07, 6.45) is 0. The Hall–Kier alpha value is -3.86. The number of anilines is 3. The molecule has 0 aliphatic carbocycles. The van der Waals surface area contributed by atoms with Crippen LogP contribution in [0.1, 0.15) is 16.8 Å². The van der Waals surface area contributed by atoms with Crippen molar-refractivity contribution in [2.75, 3.05) is 10.6 Å². The van der Waals surface area contributed by atoms with Crippen molar-refractivity contribution in [3.8, 4) is 5.75 Å². The predicted octanol–water partition coefficient (Wildman–Crippen LogP) is 5.72. The van der Waals surface area contributed by atoms with Gasteiger partial charge in [-0.05, 0) is 42.3 Å². The molecule has 0 spiro atoms. The molecule has 0 radical (unpaired) electrons. The molecule has 0 aliphatic heterocycles. The van der Waals surface area contributed by atoms with Crippen molar-refractivity contribution in [1.29, 1.82) is 0 Å². The van der Waals surface area contributed by atoms with E-state index in [0.29, 0.717) is 19.1 Å². The fourth-order valence-corrected chi connectivity index (χ4v) is 3.01. The van der Waals surface area contributed by atoms with Crippen LogP contribution in [0, 0.1) is 6.92 Å². The maximum absolute atomic E-state index is 5.84. The fraction of sp³-hybridized carbons (Fsp3) is 0.120. The first-order valence-electron chi connectivity index (χ1n) is 9.92. The lowest BCUT2D eigenvalue weighted by Gasteiger charge is -2.11. The highest BCUT2D eigenvalue weighted by molar-refractivity contribution is 5.56. The van der Waals surface area contributed by atoms with Gasteiger partial charge in [0.25, 0.3) is 0 Å². The highest BCUT2D eigenvalue weighted by atomic mass is 16.5. The normalized spacial score (nSPS) is 10.4. The van der Waals surface area contributed by atoms with Gasteiger partial charge < -0.3 is 15.4 Å². The van der Waals surface area contributed by atoms with Gasteiger partial charge >= 0.3 is 0 Å². The highest BCUT2D eigenvalue weighted by Crippen LogP contribution is 2.20. The van der Waals surface area contributed by atoms with E-state index in [4.69, 9.17) is 4.74 Å². The quantitative estimate of drug-likeness (QED) is 0.399. The lowest BCUT2D eigenvalue weighted by atomic mass is 10.2. The Morgan fingerprint density at radius 3 is 2.13 bits per heavy atom. The van der Waals surface area contributed by atoms with Crippen LogP contribution in [0.25, 0.3) is 0 Å². The number of nitrogens with zero attached hydrogens (tertiary/aromatic N) is 2. The Labute approximate surface area is 176 Å². The average Bonchev–Trinajstić information content (AvgIpc) is 2.78. The molecule has 0 aliphatic rings. The number of nitrogens with one attached hydrogen (secondary N) is 2. The molecule has 30 heavy (non-hydrogen) atoms. The number of ether oxygens (including phenoxy) is 1. The van der Waals surface area contributed by atoms with Crippen LogP contribution < -0.4 is 15.4 Å². The summed E-state index contributed by atoms with van der Waals surface area (Å²) in [6, 6.07) is 30.1. The Balaban J connectivity index is 1.37. The van der Waals surface area contributed by atoms with E-state index in [1.54, 1.807) is 0 Å². The molecule has 0 fully saturated rings. The molecule has 0 amide bonds. The van der Waals surface area contributed by atoms with Crippen LogP contribution in [-0.4, -0.2) is 9.97 Å². The van der Waals surface area contributed by atoms with Crippen molar-refractivity contribution in [2.24, 2.45) is 0 Å². The zero-order valence-corrected chi connectivity index (χ0v) is 16.9. The van der Waals surface area contributed by atoms with Crippen LogP contribution in [0.5, 0.6) is 5.75 Å². The third-order valence-corrected chi connectivity index (χ3v) is 4.53. The molecule has 0 atom stereocenters. The summed E-state index contributed by atoms with van der Waals surface area (Å²) in [5, 5.41) is 6.62. The standard InChI is InChI=1S/C25H24N4O/c1-19-16-24(26-17-20-8-4-2-5-9-20)29-25(27-19)28-22-12-14-23(15-13-22)30-18-21-10-6-3-7-11-21/h2-16H,17-18H2,1H3,(H2,26,27,28,29). The van der Waals surface area contributed by atoms with Crippen LogP contribution >= 0.6 is 0 Å². The minimum Gasteiger partial charge on any atom is -0.489 e. The van der Waals surface area contributed by atoms with Gasteiger partial charge in [0.05, 0.1) is 0 Å². The number of hydrogen-bond acceptors (Lipinski definition) is 5. The summed E-state index contributed by atoms with van der Waals surface area (Å²) in [6.45, 7) is 3.22. The van der Waals surface area contributed by atoms with Gasteiger partial charge in [-0.3, -0.25) is 0 Å². The molecule has 1 aromatic heterocycles. The van der Waals surface area contributed by atoms with Crippen molar-refractivity contribution in [3.05, 3.63) is 108 Å². The molecule has 3 aromatic carbocycles. The van der Waals surface area contributed by atoms with Crippen LogP contribution in [-0.2, 0) is 13.2 Å². The van der Waals surface area contributed by atoms with Gasteiger partial charge in [0.15, 0.2) is 0 Å². The minimum absolute atomic E-state index is 0.547. The molecule has 0 saturated heterocycles. The van der Waals surface area contributed by atoms with E-state index in [2.05, 4.69) is 44.9 Å². The first kappa shape index (κ1) is 19.5. The molecule has 0 unspecified atom stereocenters. The Kier molecular flexibility index (Phi) is 6.20. The summed E-state index contributed by atoms with van der Waals surface area (Å²) in [5.74, 6) is 2.17. The summed E-state index contributed by atoms with van der Waals surface area (Å²) in [4.78, 5) is 9.07. The van der Waals surface area contributed by atoms with Crippen molar-refractivity contribution >= 4 is 17.5 Å². The number of benzene rings is 3. The summed E-state index contributed by atoms with van der Waals surface area (Å²) in [7, 11) is 0. The fourth-order valence-electron chi connectivity index (χ4n) is 3.01. The Bertz CT molecular complexity index is 1070. The maximum Gasteiger partial charge on any atom is 0.229 e. The molecule has 4 rings (SSSR count). The third-order valence-electron chi connectivity index (χ3n) is 4.53. The largest absolute Gasteiger partial charge is 0.489 e. The molecule has 0 saturated carbocycles. The lowest BCUT2D eigenvalue weighted by molar-refractivity contribution is 0.306. The summed E-state index contributed by atoms with van der Waals surface area (Å²) >= 11 is 0. The van der Waals surface area contributed by atoms with E-state index in [1.807, 2.05) is 73.7 Å². The second-order valence-electron chi connectivity index (χ2n) is 6.98. The van der Waals surface area contributed by atoms with Crippen molar-refractivity contribution in [1.82, 2.24) is 9.97 Å². The Morgan fingerprint density at radius 2 is 1.43 bits per heavy atom. The molecule has 5 heteroatoms. The van der Waals surface area contributed by atoms with Gasteiger partial charge in [0, 0.05) is 24.0 Å². The summed E-state index contributed by atoms with van der Waals surface area (Å²) in [5.41, 5.74) is 4.14. The smallest absolute Gasteiger partial charge is 0.229 e. The maximum atomic E-state index is 5.84. The molecule has 150 valence electrons. The zero-order valence-electron chi connectivity index (χ0n) is 16.9. The first-order chi connectivity index (χ1) is 14.7. The zero-order chi connectivity index (χ0) is 20.6. The second-order valence-corrected chi connectivity index (χ2v) is 6.98. The average molecular weight is 396 g/mol. The van der Waals surface area contributed by atoms with E-state index < -0.39 is 0 Å². The first-order valence-corrected chi connectivity index (χ1v) is 9.92. The third kappa shape index (κ3) is 5.58. The molecule has 2 N–H and O–H groups in total. The number of aromatic nitrogens is 2. The summed E-state index contributed by atoms with van der Waals surface area (Å²) < 4.78 is 5.84. The number of aryl methyl sites for hydroxylation is 1. The second kappa shape index (κ2) is 9.56. The molecule has 0 bridgehead atoms. The Morgan fingerprint density at radius 1 is 0.767 bits per heavy atom. The van der Waals surface area contributed by atoms with E-state index in [-0.39, 0.29) is 0 Å². The molecule has 4 aromatic rings. The number of rotatable bonds is 8. The molecular weight excluding hydrogens is 372 g/mol. The van der Waals surface area contributed by atoms with Crippen molar-refractivity contribution in [3.63, 3.8) is 0 Å². The van der Waals surface area contributed by atoms with Gasteiger partial charge in [-0.25, -0.2) is 4.98 Å². The van der Waals surface area contributed by atoms with Gasteiger partial charge in [0.2, 0.25) is 5.95 Å². The predicted molar refractivity (Wildman–Crippen MR) is 121 cm³/mol. The molecular formula is C25H24N4O. The van der Waals surface area contributed by atoms with Crippen molar-refractivity contribution < 1.29 is 4.74 Å². The topological polar surface area (TPSA) is 59.1 Å². The van der Waals surface area contributed by atoms with Gasteiger partial charge in [0.1, 0.15) is 18.2 Å². The van der Waals surface area contributed by atoms with Crippen LogP contribution in [0.15, 0.2) is 91.0 Å². The number of hydrogen-bond donors (Lipinski definition) is 2. The highest BCUT2D eigenvalue weighted by Gasteiger charge is 2.04. The van der Waals surface area contributed by atoms with E-state index in [9.17, 15) is 0 Å². The van der Waals surface area contributed by atoms with Gasteiger partial charge in [-0.15, -0.1) is 0 Å². The van der Waals surface area contributed by atoms with E-state index in [1.165, 1.54) is 5.56 Å². The van der Waals surface area contributed by atoms with Gasteiger partial charge in [-0.1, -0.05) is 60.7 Å². The molecule has 1 heterocycles. The van der Waals surface area contributed by atoms with E-state index >= 15 is 0 Å². The van der Waals surface area contributed by atoms with Crippen LogP contribution in [0.2, 0.25) is 0 Å². The van der Waals surface area contributed by atoms with Crippen LogP contribution in [0.3, 0.4) is 0 Å². The van der Waals surface area contributed by atoms with Gasteiger partial charge in [-0.2, -0.15) is 4.98 Å². The van der Waals surface area contributed by atoms with E-state index in [0.717, 1.165) is 28.5 Å². The van der Waals surface area contributed by atoms with Crippen LogP contribution in [0.4, 0.5) is 17.5 Å².